The number of likely N-dealkylation sites (tertiary alicyclic amines) is 2. The van der Waals surface area contributed by atoms with Crippen LogP contribution in [0.25, 0.3) is 0 Å². The fourth-order valence-electron chi connectivity index (χ4n) is 4.84. The Morgan fingerprint density at radius 3 is 1.74 bits per heavy atom. The number of carboxylic acid groups (broad SMARTS) is 1. The second kappa shape index (κ2) is 13.5. The molecule has 2 aliphatic rings. The van der Waals surface area contributed by atoms with Gasteiger partial charge in [-0.1, -0.05) is 13.8 Å². The molecule has 0 aromatic carbocycles. The lowest BCUT2D eigenvalue weighted by atomic mass is 10.0. The van der Waals surface area contributed by atoms with Gasteiger partial charge >= 0.3 is 5.97 Å². The van der Waals surface area contributed by atoms with E-state index in [0.717, 1.165) is 0 Å². The zero-order valence-electron chi connectivity index (χ0n) is 22.9. The zero-order valence-corrected chi connectivity index (χ0v) is 22.9. The van der Waals surface area contributed by atoms with Crippen molar-refractivity contribution in [3.8, 4) is 0 Å². The van der Waals surface area contributed by atoms with Crippen molar-refractivity contribution in [2.45, 2.75) is 103 Å². The minimum atomic E-state index is -1.08. The summed E-state index contributed by atoms with van der Waals surface area (Å²) in [6.45, 7) is 8.93. The molecule has 0 saturated carbocycles. The molecular weight excluding hydrogens is 496 g/mol. The van der Waals surface area contributed by atoms with Gasteiger partial charge in [-0.3, -0.25) is 24.0 Å². The number of nitrogens with two attached hydrogens (primary N) is 1. The smallest absolute Gasteiger partial charge is 0.326 e. The minimum Gasteiger partial charge on any atom is -0.480 e. The average Bonchev–Trinajstić information content (AvgIpc) is 3.52. The fourth-order valence-corrected chi connectivity index (χ4v) is 4.84. The van der Waals surface area contributed by atoms with Crippen LogP contribution >= 0.6 is 0 Å². The lowest BCUT2D eigenvalue weighted by Crippen LogP contribution is -2.58. The summed E-state index contributed by atoms with van der Waals surface area (Å²) in [6, 6.07) is -5.32. The first-order valence-corrected chi connectivity index (χ1v) is 13.2. The van der Waals surface area contributed by atoms with Crippen molar-refractivity contribution in [3.63, 3.8) is 0 Å². The maximum atomic E-state index is 13.2. The molecule has 214 valence electrons. The lowest BCUT2D eigenvalue weighted by molar-refractivity contribution is -0.149. The zero-order chi connectivity index (χ0) is 28.7. The third-order valence-electron chi connectivity index (χ3n) is 6.87. The minimum absolute atomic E-state index is 0.0295. The Morgan fingerprint density at radius 1 is 0.789 bits per heavy atom. The third kappa shape index (κ3) is 7.89. The van der Waals surface area contributed by atoms with E-state index in [2.05, 4.69) is 16.0 Å². The van der Waals surface area contributed by atoms with Gasteiger partial charge in [0.1, 0.15) is 30.2 Å². The van der Waals surface area contributed by atoms with Crippen molar-refractivity contribution in [2.24, 2.45) is 11.7 Å². The number of nitrogens with zero attached hydrogens (tertiary/aromatic N) is 2. The van der Waals surface area contributed by atoms with Gasteiger partial charge in [-0.15, -0.1) is 0 Å². The number of carboxylic acids is 1. The molecule has 2 heterocycles. The molecule has 0 spiro atoms. The molecule has 2 aliphatic heterocycles. The first-order chi connectivity index (χ1) is 17.7. The van der Waals surface area contributed by atoms with Gasteiger partial charge in [-0.25, -0.2) is 4.79 Å². The van der Waals surface area contributed by atoms with E-state index in [1.54, 1.807) is 0 Å². The second-order valence-electron chi connectivity index (χ2n) is 10.7. The molecule has 2 fully saturated rings. The third-order valence-corrected chi connectivity index (χ3v) is 6.87. The maximum absolute atomic E-state index is 13.2. The predicted octanol–water partition coefficient (Wildman–Crippen LogP) is -1.06. The molecule has 0 aromatic heterocycles. The van der Waals surface area contributed by atoms with Gasteiger partial charge in [0, 0.05) is 13.1 Å². The number of amides is 5. The van der Waals surface area contributed by atoms with Crippen LogP contribution in [0.2, 0.25) is 0 Å². The molecule has 13 heteroatoms. The van der Waals surface area contributed by atoms with E-state index >= 15 is 0 Å². The van der Waals surface area contributed by atoms with Gasteiger partial charge < -0.3 is 36.6 Å². The van der Waals surface area contributed by atoms with E-state index < -0.39 is 71.8 Å². The highest BCUT2D eigenvalue weighted by molar-refractivity contribution is 5.96. The highest BCUT2D eigenvalue weighted by Crippen LogP contribution is 2.20. The highest BCUT2D eigenvalue weighted by atomic mass is 16.4. The van der Waals surface area contributed by atoms with E-state index in [9.17, 15) is 33.9 Å². The SMILES string of the molecule is CC(C)C[C@H](NC(=O)[C@@H]1CCCN1C(=O)[C@H](C)NC(=O)[C@H](C)N)C(=O)N[C@@H](C)C(=O)N1CCC[C@H]1C(=O)O. The summed E-state index contributed by atoms with van der Waals surface area (Å²) in [5.74, 6) is -3.50. The van der Waals surface area contributed by atoms with Crippen LogP contribution in [0.4, 0.5) is 0 Å². The monoisotopic (exact) mass is 538 g/mol. The van der Waals surface area contributed by atoms with E-state index in [-0.39, 0.29) is 5.92 Å². The number of aliphatic carboxylic acids is 1. The molecule has 0 bridgehead atoms. The quantitative estimate of drug-likeness (QED) is 0.220. The number of carbonyl (C=O) groups is 6. The molecule has 38 heavy (non-hydrogen) atoms. The fraction of sp³-hybridized carbons (Fsp3) is 0.760. The van der Waals surface area contributed by atoms with Gasteiger partial charge in [0.2, 0.25) is 29.5 Å². The molecule has 0 radical (unpaired) electrons. The Balaban J connectivity index is 2.06. The lowest BCUT2D eigenvalue weighted by Gasteiger charge is -2.30. The predicted molar refractivity (Wildman–Crippen MR) is 137 cm³/mol. The number of rotatable bonds is 11. The summed E-state index contributed by atoms with van der Waals surface area (Å²) in [5.41, 5.74) is 5.56. The maximum Gasteiger partial charge on any atom is 0.326 e. The number of carbonyl (C=O) groups excluding carboxylic acids is 5. The summed E-state index contributed by atoms with van der Waals surface area (Å²) in [4.78, 5) is 78.2. The van der Waals surface area contributed by atoms with Crippen LogP contribution in [0, 0.1) is 5.92 Å². The second-order valence-corrected chi connectivity index (χ2v) is 10.7. The number of hydrogen-bond donors (Lipinski definition) is 5. The van der Waals surface area contributed by atoms with E-state index in [1.165, 1.54) is 30.6 Å². The van der Waals surface area contributed by atoms with Gasteiger partial charge in [0.05, 0.1) is 6.04 Å². The Bertz CT molecular complexity index is 924. The normalized spacial score (nSPS) is 22.4. The van der Waals surface area contributed by atoms with Crippen LogP contribution in [-0.4, -0.2) is 99.8 Å². The molecule has 0 aliphatic carbocycles. The molecule has 13 nitrogen and oxygen atoms in total. The Kier molecular flexibility index (Phi) is 11.0. The van der Waals surface area contributed by atoms with Crippen molar-refractivity contribution >= 4 is 35.5 Å². The van der Waals surface area contributed by atoms with Crippen LogP contribution < -0.4 is 21.7 Å². The van der Waals surface area contributed by atoms with Crippen LogP contribution in [-0.2, 0) is 28.8 Å². The molecule has 0 unspecified atom stereocenters. The van der Waals surface area contributed by atoms with Crippen LogP contribution in [0.5, 0.6) is 0 Å². The average molecular weight is 539 g/mol. The van der Waals surface area contributed by atoms with Crippen molar-refractivity contribution in [2.75, 3.05) is 13.1 Å². The summed E-state index contributed by atoms with van der Waals surface area (Å²) in [6.07, 6.45) is 2.21. The van der Waals surface area contributed by atoms with Crippen LogP contribution in [0.1, 0.15) is 66.7 Å². The molecule has 0 aromatic rings. The Hall–Kier alpha value is -3.22. The van der Waals surface area contributed by atoms with Crippen LogP contribution in [0.3, 0.4) is 0 Å². The number of nitrogens with one attached hydrogen (secondary N) is 3. The molecule has 6 N–H and O–H groups in total. The Morgan fingerprint density at radius 2 is 1.26 bits per heavy atom. The number of hydrogen-bond acceptors (Lipinski definition) is 7. The van der Waals surface area contributed by atoms with Crippen molar-refractivity contribution in [1.29, 1.82) is 0 Å². The largest absolute Gasteiger partial charge is 0.480 e. The van der Waals surface area contributed by atoms with Gasteiger partial charge in [0.25, 0.3) is 0 Å². The first-order valence-electron chi connectivity index (χ1n) is 13.2. The molecule has 2 saturated heterocycles. The first kappa shape index (κ1) is 31.0. The van der Waals surface area contributed by atoms with Crippen molar-refractivity contribution in [1.82, 2.24) is 25.8 Å². The Labute approximate surface area is 223 Å². The summed E-state index contributed by atoms with van der Waals surface area (Å²) in [5, 5.41) is 17.3. The highest BCUT2D eigenvalue weighted by Gasteiger charge is 2.39. The summed E-state index contributed by atoms with van der Waals surface area (Å²) < 4.78 is 0. The van der Waals surface area contributed by atoms with Crippen LogP contribution in [0.15, 0.2) is 0 Å². The van der Waals surface area contributed by atoms with Crippen molar-refractivity contribution < 1.29 is 33.9 Å². The van der Waals surface area contributed by atoms with E-state index in [0.29, 0.717) is 45.2 Å². The van der Waals surface area contributed by atoms with Gasteiger partial charge in [-0.2, -0.15) is 0 Å². The summed E-state index contributed by atoms with van der Waals surface area (Å²) >= 11 is 0. The molecule has 2 rings (SSSR count). The molecule has 6 atom stereocenters. The van der Waals surface area contributed by atoms with Gasteiger partial charge in [-0.05, 0) is 58.8 Å². The van der Waals surface area contributed by atoms with E-state index in [4.69, 9.17) is 5.73 Å². The topological polar surface area (TPSA) is 191 Å². The van der Waals surface area contributed by atoms with Crippen molar-refractivity contribution in [3.05, 3.63) is 0 Å². The van der Waals surface area contributed by atoms with Gasteiger partial charge in [0.15, 0.2) is 0 Å². The molecular formula is C25H42N6O7. The van der Waals surface area contributed by atoms with E-state index in [1.807, 2.05) is 13.8 Å². The molecule has 5 amide bonds. The standard InChI is InChI=1S/C25H42N6O7/c1-13(2)12-17(21(33)28-16(5)24(36)31-11-7-9-19(31)25(37)38)29-22(34)18-8-6-10-30(18)23(35)15(4)27-20(32)14(3)26/h13-19H,6-12,26H2,1-5H3,(H,27,32)(H,28,33)(H,29,34)(H,37,38)/t14-,15-,16-,17-,18-,19-/m0/s1. The summed E-state index contributed by atoms with van der Waals surface area (Å²) in [7, 11) is 0.